The van der Waals surface area contributed by atoms with Gasteiger partial charge in [0.05, 0.1) is 12.5 Å². The number of anilines is 1. The van der Waals surface area contributed by atoms with E-state index < -0.39 is 24.3 Å². The first-order valence-electron chi connectivity index (χ1n) is 18.3. The average molecular weight is 700 g/mol. The summed E-state index contributed by atoms with van der Waals surface area (Å²) in [5.41, 5.74) is 2.07. The van der Waals surface area contributed by atoms with Crippen molar-refractivity contribution < 1.29 is 33.4 Å². The zero-order valence-electron chi connectivity index (χ0n) is 30.8. The van der Waals surface area contributed by atoms with Crippen molar-refractivity contribution in [3.05, 3.63) is 47.3 Å². The predicted octanol–water partition coefficient (Wildman–Crippen LogP) is 5.29. The molecule has 0 unspecified atom stereocenters. The molecule has 4 rings (SSSR count). The summed E-state index contributed by atoms with van der Waals surface area (Å²) in [6.07, 6.45) is 6.40. The van der Waals surface area contributed by atoms with Crippen molar-refractivity contribution in [2.75, 3.05) is 64.8 Å². The van der Waals surface area contributed by atoms with E-state index in [2.05, 4.69) is 15.1 Å². The van der Waals surface area contributed by atoms with E-state index in [1.807, 2.05) is 71.0 Å². The maximum absolute atomic E-state index is 15.1. The zero-order chi connectivity index (χ0) is 36.4. The van der Waals surface area contributed by atoms with Crippen LogP contribution in [0, 0.1) is 17.7 Å². The van der Waals surface area contributed by atoms with Gasteiger partial charge in [-0.2, -0.15) is 0 Å². The van der Waals surface area contributed by atoms with Gasteiger partial charge < -0.3 is 39.5 Å². The molecule has 50 heavy (non-hydrogen) atoms. The molecule has 0 bridgehead atoms. The fraction of sp³-hybridized carbons (Fsp3) is 0.658. The molecule has 5 atom stereocenters. The summed E-state index contributed by atoms with van der Waals surface area (Å²) in [5.74, 6) is -1.27. The normalized spacial score (nSPS) is 27.1. The topological polar surface area (TPSA) is 115 Å². The smallest absolute Gasteiger partial charge is 0.410 e. The Labute approximate surface area is 297 Å². The third-order valence-corrected chi connectivity index (χ3v) is 10.2. The molecule has 3 aliphatic heterocycles. The van der Waals surface area contributed by atoms with Gasteiger partial charge in [-0.3, -0.25) is 4.79 Å². The van der Waals surface area contributed by atoms with Crippen molar-refractivity contribution >= 4 is 29.9 Å². The lowest BCUT2D eigenvalue weighted by atomic mass is 9.91. The predicted molar refractivity (Wildman–Crippen MR) is 193 cm³/mol. The quantitative estimate of drug-likeness (QED) is 0.292. The van der Waals surface area contributed by atoms with Crippen LogP contribution in [0.15, 0.2) is 35.9 Å². The number of hydrogen-bond acceptors (Lipinski definition) is 8. The summed E-state index contributed by atoms with van der Waals surface area (Å²) >= 11 is 0. The summed E-state index contributed by atoms with van der Waals surface area (Å²) in [6.45, 7) is 12.5. The van der Waals surface area contributed by atoms with Crippen molar-refractivity contribution in [1.82, 2.24) is 20.0 Å². The second kappa shape index (κ2) is 18.6. The standard InChI is InChI=1S/C38H58FN5O6/c1-7-14-40-37(47)43-15-12-31(13-16-43)42(6)32-23-29(22-30(39)24-32)21-28(4)36-27(3)9-11-34(26(2)8-10-33(45)25-35(46)50-36)49-38(48)44-19-17-41(5)18-20-44/h9,11,21-24,26-27,31,33-34,36,45H,7-8,10,12-20,25H2,1-6H3,(H,40,47)/b11-9+,28-21+/t26-,27-,33+,34-,36-/m0/s1. The molecule has 0 aliphatic carbocycles. The van der Waals surface area contributed by atoms with Crippen molar-refractivity contribution in [2.45, 2.75) is 90.6 Å². The number of ether oxygens (including phenoxy) is 2. The summed E-state index contributed by atoms with van der Waals surface area (Å²) in [6, 6.07) is 5.00. The number of nitrogens with zero attached hydrogens (tertiary/aromatic N) is 4. The maximum atomic E-state index is 15.1. The van der Waals surface area contributed by atoms with Crippen molar-refractivity contribution in [2.24, 2.45) is 11.8 Å². The highest BCUT2D eigenvalue weighted by atomic mass is 19.1. The Morgan fingerprint density at radius 2 is 1.74 bits per heavy atom. The van der Waals surface area contributed by atoms with Crippen molar-refractivity contribution in [3.63, 3.8) is 0 Å². The summed E-state index contributed by atoms with van der Waals surface area (Å²) in [4.78, 5) is 46.3. The summed E-state index contributed by atoms with van der Waals surface area (Å²) < 4.78 is 27.0. The Balaban J connectivity index is 1.51. The van der Waals surface area contributed by atoms with Crippen LogP contribution in [0.2, 0.25) is 0 Å². The van der Waals surface area contributed by atoms with Gasteiger partial charge >= 0.3 is 18.1 Å². The van der Waals surface area contributed by atoms with Crippen molar-refractivity contribution in [1.29, 1.82) is 0 Å². The largest absolute Gasteiger partial charge is 0.457 e. The molecule has 11 nitrogen and oxygen atoms in total. The fourth-order valence-electron chi connectivity index (χ4n) is 6.87. The number of esters is 1. The van der Waals surface area contributed by atoms with Gasteiger partial charge in [0.15, 0.2) is 0 Å². The maximum Gasteiger partial charge on any atom is 0.410 e. The number of amides is 3. The van der Waals surface area contributed by atoms with Gasteiger partial charge in [-0.25, -0.2) is 14.0 Å². The average Bonchev–Trinajstić information content (AvgIpc) is 3.09. The van der Waals surface area contributed by atoms with E-state index in [-0.39, 0.29) is 42.2 Å². The first kappa shape index (κ1) is 39.2. The van der Waals surface area contributed by atoms with Gasteiger partial charge in [0.2, 0.25) is 0 Å². The SMILES string of the molecule is CCCNC(=O)N1CCC(N(C)c2cc(F)cc(/C=C(\C)[C@H]3OC(=O)C[C@H](O)CC[C@H](C)[C@@H](OC(=O)N4CCN(C)CC4)/C=C/[C@@H]3C)c2)CC1. The first-order chi connectivity index (χ1) is 23.8. The molecule has 2 fully saturated rings. The van der Waals surface area contributed by atoms with E-state index in [4.69, 9.17) is 9.47 Å². The molecule has 0 radical (unpaired) electrons. The summed E-state index contributed by atoms with van der Waals surface area (Å²) in [7, 11) is 3.98. The van der Waals surface area contributed by atoms with E-state index in [1.165, 1.54) is 12.1 Å². The molecule has 3 amide bonds. The van der Waals surface area contributed by atoms with Crippen LogP contribution in [0.25, 0.3) is 6.08 Å². The molecule has 1 aromatic rings. The number of piperidine rings is 1. The minimum atomic E-state index is -0.888. The van der Waals surface area contributed by atoms with Crippen LogP contribution < -0.4 is 10.2 Å². The molecule has 2 N–H and O–H groups in total. The lowest BCUT2D eigenvalue weighted by Crippen LogP contribution is -2.49. The number of aliphatic hydroxyl groups is 1. The van der Waals surface area contributed by atoms with E-state index >= 15 is 4.39 Å². The van der Waals surface area contributed by atoms with Gasteiger partial charge in [-0.15, -0.1) is 0 Å². The lowest BCUT2D eigenvalue weighted by molar-refractivity contribution is -0.151. The number of urea groups is 1. The molecule has 0 aromatic heterocycles. The van der Waals surface area contributed by atoms with E-state index in [0.29, 0.717) is 56.7 Å². The van der Waals surface area contributed by atoms with Gasteiger partial charge in [0.1, 0.15) is 18.0 Å². The van der Waals surface area contributed by atoms with E-state index in [9.17, 15) is 19.5 Å². The van der Waals surface area contributed by atoms with Gasteiger partial charge in [-0.1, -0.05) is 32.9 Å². The van der Waals surface area contributed by atoms with Crippen LogP contribution in [-0.2, 0) is 14.3 Å². The number of cyclic esters (lactones) is 1. The van der Waals surface area contributed by atoms with Crippen LogP contribution in [0.4, 0.5) is 19.7 Å². The zero-order valence-corrected chi connectivity index (χ0v) is 30.8. The molecule has 278 valence electrons. The van der Waals surface area contributed by atoms with Gasteiger partial charge in [-0.05, 0) is 87.4 Å². The van der Waals surface area contributed by atoms with Crippen LogP contribution in [0.5, 0.6) is 0 Å². The van der Waals surface area contributed by atoms with Crippen LogP contribution in [0.3, 0.4) is 0 Å². The molecule has 2 saturated heterocycles. The minimum absolute atomic E-state index is 0.0377. The lowest BCUT2D eigenvalue weighted by Gasteiger charge is -2.38. The number of carbonyl (C=O) groups is 3. The van der Waals surface area contributed by atoms with Gasteiger partial charge in [0.25, 0.3) is 0 Å². The summed E-state index contributed by atoms with van der Waals surface area (Å²) in [5, 5.41) is 13.6. The molecule has 1 aromatic carbocycles. The number of aliphatic hydroxyl groups excluding tert-OH is 1. The monoisotopic (exact) mass is 699 g/mol. The Morgan fingerprint density at radius 1 is 1.04 bits per heavy atom. The number of likely N-dealkylation sites (tertiary alicyclic amines) is 1. The number of hydrogen-bond donors (Lipinski definition) is 2. The Bertz CT molecular complexity index is 1360. The second-order valence-corrected chi connectivity index (χ2v) is 14.4. The van der Waals surface area contributed by atoms with E-state index in [1.54, 1.807) is 4.90 Å². The minimum Gasteiger partial charge on any atom is -0.457 e. The van der Waals surface area contributed by atoms with Crippen LogP contribution in [-0.4, -0.2) is 122 Å². The highest BCUT2D eigenvalue weighted by molar-refractivity contribution is 5.74. The highest BCUT2D eigenvalue weighted by Crippen LogP contribution is 2.29. The molecule has 0 saturated carbocycles. The molecule has 3 aliphatic rings. The van der Waals surface area contributed by atoms with Gasteiger partial charge in [0, 0.05) is 70.5 Å². The number of rotatable bonds is 7. The third kappa shape index (κ3) is 11.2. The third-order valence-electron chi connectivity index (χ3n) is 10.2. The number of carbonyl (C=O) groups excluding carboxylic acids is 3. The van der Waals surface area contributed by atoms with E-state index in [0.717, 1.165) is 38.0 Å². The second-order valence-electron chi connectivity index (χ2n) is 14.4. The Hall–Kier alpha value is -3.64. The molecule has 0 spiro atoms. The molecule has 3 heterocycles. The Kier molecular flexibility index (Phi) is 14.5. The number of halogens is 1. The molecular formula is C38H58FN5O6. The van der Waals surface area contributed by atoms with Crippen LogP contribution in [0.1, 0.15) is 71.8 Å². The molecule has 12 heteroatoms. The number of nitrogens with one attached hydrogen (secondary N) is 1. The number of piperazine rings is 1. The Morgan fingerprint density at radius 3 is 2.42 bits per heavy atom. The first-order valence-corrected chi connectivity index (χ1v) is 18.3. The van der Waals surface area contributed by atoms with Crippen LogP contribution >= 0.6 is 0 Å². The number of benzene rings is 1. The molecular weight excluding hydrogens is 641 g/mol. The van der Waals surface area contributed by atoms with Crippen molar-refractivity contribution in [3.8, 4) is 0 Å². The fourth-order valence-corrected chi connectivity index (χ4v) is 6.87. The number of likely N-dealkylation sites (N-methyl/N-ethyl adjacent to an activating group) is 1. The highest BCUT2D eigenvalue weighted by Gasteiger charge is 2.30.